The Hall–Kier alpha value is -1.63. The minimum atomic E-state index is -4.46. The van der Waals surface area contributed by atoms with Gasteiger partial charge in [0.25, 0.3) is 0 Å². The Morgan fingerprint density at radius 2 is 1.40 bits per heavy atom. The van der Waals surface area contributed by atoms with Crippen LogP contribution in [0.25, 0.3) is 0 Å². The van der Waals surface area contributed by atoms with Gasteiger partial charge in [0, 0.05) is 25.3 Å². The van der Waals surface area contributed by atoms with Crippen molar-refractivity contribution in [3.8, 4) is 0 Å². The molecule has 0 aliphatic heterocycles. The van der Waals surface area contributed by atoms with Gasteiger partial charge in [0.1, 0.15) is 6.61 Å². The third-order valence-corrected chi connectivity index (χ3v) is 10.4. The second kappa shape index (κ2) is 30.7. The molecule has 6 N–H and O–H groups in total. The number of ether oxygens (including phenoxy) is 2. The van der Waals surface area contributed by atoms with Crippen LogP contribution in [0.2, 0.25) is 0 Å². The van der Waals surface area contributed by atoms with E-state index >= 15 is 0 Å². The number of phosphoric acid groups is 1. The lowest BCUT2D eigenvalue weighted by molar-refractivity contribution is -0.160. The Morgan fingerprint density at radius 1 is 0.808 bits per heavy atom. The fourth-order valence-electron chi connectivity index (χ4n) is 6.37. The molecule has 1 fully saturated rings. The Labute approximate surface area is 313 Å². The molecule has 0 aromatic heterocycles. The van der Waals surface area contributed by atoms with Gasteiger partial charge in [-0.2, -0.15) is 0 Å². The molecule has 13 heteroatoms. The van der Waals surface area contributed by atoms with Crippen LogP contribution in [0, 0.1) is 11.8 Å². The van der Waals surface area contributed by atoms with Crippen LogP contribution in [-0.4, -0.2) is 82.9 Å². The minimum absolute atomic E-state index is 0.00431. The predicted molar refractivity (Wildman–Crippen MR) is 203 cm³/mol. The van der Waals surface area contributed by atoms with E-state index in [4.69, 9.17) is 24.3 Å². The number of unbranched alkanes of at least 4 members (excludes halogenated alkanes) is 14. The number of allylic oxidation sites excluding steroid dienone is 1. The number of rotatable bonds is 33. The predicted octanol–water partition coefficient (Wildman–Crippen LogP) is 7.21. The first-order chi connectivity index (χ1) is 25.0. The third kappa shape index (κ3) is 24.6. The van der Waals surface area contributed by atoms with Crippen molar-refractivity contribution in [2.75, 3.05) is 26.4 Å². The summed E-state index contributed by atoms with van der Waals surface area (Å²) in [6.45, 7) is 3.23. The summed E-state index contributed by atoms with van der Waals surface area (Å²) >= 11 is 0. The van der Waals surface area contributed by atoms with Crippen molar-refractivity contribution in [1.29, 1.82) is 0 Å². The zero-order chi connectivity index (χ0) is 38.5. The van der Waals surface area contributed by atoms with E-state index in [-0.39, 0.29) is 50.9 Å². The number of nitrogens with two attached hydrogens (primary N) is 1. The van der Waals surface area contributed by atoms with Crippen LogP contribution in [0.4, 0.5) is 0 Å². The molecule has 0 radical (unpaired) electrons. The number of hydrogen-bond acceptors (Lipinski definition) is 11. The van der Waals surface area contributed by atoms with Crippen LogP contribution >= 0.6 is 7.82 Å². The highest BCUT2D eigenvalue weighted by Gasteiger charge is 2.39. The number of carbonyl (C=O) groups excluding carboxylic acids is 2. The number of hydrogen-bond donors (Lipinski definition) is 5. The molecule has 0 bridgehead atoms. The van der Waals surface area contributed by atoms with Gasteiger partial charge in [0.2, 0.25) is 0 Å². The van der Waals surface area contributed by atoms with E-state index in [1.807, 2.05) is 0 Å². The highest BCUT2D eigenvalue weighted by Crippen LogP contribution is 2.43. The molecule has 7 atom stereocenters. The van der Waals surface area contributed by atoms with E-state index in [9.17, 15) is 34.4 Å². The van der Waals surface area contributed by atoms with Crippen molar-refractivity contribution in [2.24, 2.45) is 17.6 Å². The van der Waals surface area contributed by atoms with Crippen molar-refractivity contribution < 1.29 is 52.9 Å². The first kappa shape index (κ1) is 48.4. The second-order valence-electron chi connectivity index (χ2n) is 14.1. The monoisotopic (exact) mass is 761 g/mol. The molecule has 0 spiro atoms. The topological polar surface area (TPSA) is 195 Å². The third-order valence-electron chi connectivity index (χ3n) is 9.44. The molecule has 12 nitrogen and oxygen atoms in total. The van der Waals surface area contributed by atoms with Crippen molar-refractivity contribution in [1.82, 2.24) is 0 Å². The molecule has 0 saturated heterocycles. The van der Waals surface area contributed by atoms with E-state index in [1.165, 1.54) is 57.8 Å². The molecular weight excluding hydrogens is 689 g/mol. The first-order valence-corrected chi connectivity index (χ1v) is 21.6. The van der Waals surface area contributed by atoms with Crippen molar-refractivity contribution in [2.45, 2.75) is 173 Å². The maximum Gasteiger partial charge on any atom is 0.472 e. The lowest BCUT2D eigenvalue weighted by Crippen LogP contribution is -2.29. The van der Waals surface area contributed by atoms with Crippen LogP contribution in [0.15, 0.2) is 24.3 Å². The molecule has 52 heavy (non-hydrogen) atoms. The molecular formula is C39H72NO11P. The summed E-state index contributed by atoms with van der Waals surface area (Å²) in [4.78, 5) is 35.0. The SMILES string of the molecule is CCCCCCCCCCCCCCCC(=O)OC[C@H](COP(=O)(O)OCCN)OC(=O)C/C=C\C[C@H]1[C@@H](/C=C/[C@H](O)CCCCC)[C@H](O)C[C@@H]1O. The van der Waals surface area contributed by atoms with Gasteiger partial charge in [0.05, 0.1) is 37.9 Å². The smallest absolute Gasteiger partial charge is 0.462 e. The maximum atomic E-state index is 12.7. The van der Waals surface area contributed by atoms with Gasteiger partial charge in [-0.1, -0.05) is 134 Å². The molecule has 1 rings (SSSR count). The van der Waals surface area contributed by atoms with Crippen molar-refractivity contribution in [3.05, 3.63) is 24.3 Å². The molecule has 304 valence electrons. The van der Waals surface area contributed by atoms with Gasteiger partial charge in [-0.15, -0.1) is 0 Å². The maximum absolute atomic E-state index is 12.7. The standard InChI is InChI=1S/C39H72NO11P/c1-3-5-7-8-9-10-11-12-13-14-15-16-18-23-38(44)48-30-33(31-50-52(46,47)49-28-27-40)51-39(45)24-20-19-22-34-35(37(43)29-36(34)42)26-25-32(41)21-17-6-4-2/h19-20,25-26,32-37,41-43H,3-18,21-24,27-31,40H2,1-2H3,(H,46,47)/b20-19-,26-25+/t32-,33-,34+,35-,36+,37-/m1/s1. The average molecular weight is 762 g/mol. The van der Waals surface area contributed by atoms with Gasteiger partial charge in [-0.25, -0.2) is 4.57 Å². The van der Waals surface area contributed by atoms with Gasteiger partial charge in [-0.3, -0.25) is 18.6 Å². The summed E-state index contributed by atoms with van der Waals surface area (Å²) in [7, 11) is -4.46. The highest BCUT2D eigenvalue weighted by molar-refractivity contribution is 7.47. The van der Waals surface area contributed by atoms with Crippen LogP contribution < -0.4 is 5.73 Å². The van der Waals surface area contributed by atoms with Crippen LogP contribution in [0.5, 0.6) is 0 Å². The number of aliphatic hydroxyl groups is 3. The van der Waals surface area contributed by atoms with Gasteiger partial charge < -0.3 is 35.4 Å². The summed E-state index contributed by atoms with van der Waals surface area (Å²) in [5.41, 5.74) is 5.33. The lowest BCUT2D eigenvalue weighted by atomic mass is 9.89. The molecule has 1 saturated carbocycles. The van der Waals surface area contributed by atoms with Gasteiger partial charge in [-0.05, 0) is 25.2 Å². The number of esters is 2. The van der Waals surface area contributed by atoms with E-state index in [0.717, 1.165) is 38.5 Å². The number of carbonyl (C=O) groups is 2. The molecule has 0 heterocycles. The Kier molecular flexibility index (Phi) is 28.5. The molecule has 1 aliphatic rings. The largest absolute Gasteiger partial charge is 0.472 e. The average Bonchev–Trinajstić information content (AvgIpc) is 3.38. The van der Waals surface area contributed by atoms with E-state index in [0.29, 0.717) is 19.3 Å². The summed E-state index contributed by atoms with van der Waals surface area (Å²) < 4.78 is 32.6. The van der Waals surface area contributed by atoms with Crippen molar-refractivity contribution >= 4 is 19.8 Å². The quantitative estimate of drug-likeness (QED) is 0.0196. The second-order valence-corrected chi connectivity index (χ2v) is 15.6. The van der Waals surface area contributed by atoms with Crippen LogP contribution in [0.3, 0.4) is 0 Å². The fraction of sp³-hybridized carbons (Fsp3) is 0.846. The number of aliphatic hydroxyl groups excluding tert-OH is 3. The van der Waals surface area contributed by atoms with E-state index in [2.05, 4.69) is 13.8 Å². The summed E-state index contributed by atoms with van der Waals surface area (Å²) in [5.74, 6) is -1.75. The summed E-state index contributed by atoms with van der Waals surface area (Å²) in [6, 6.07) is 0. The van der Waals surface area contributed by atoms with Crippen LogP contribution in [0.1, 0.15) is 149 Å². The lowest BCUT2D eigenvalue weighted by Gasteiger charge is -2.20. The van der Waals surface area contributed by atoms with Crippen LogP contribution in [-0.2, 0) is 32.7 Å². The molecule has 1 aliphatic carbocycles. The Morgan fingerprint density at radius 3 is 2.02 bits per heavy atom. The Balaban J connectivity index is 2.51. The van der Waals surface area contributed by atoms with Crippen molar-refractivity contribution in [3.63, 3.8) is 0 Å². The fourth-order valence-corrected chi connectivity index (χ4v) is 7.14. The first-order valence-electron chi connectivity index (χ1n) is 20.1. The van der Waals surface area contributed by atoms with Gasteiger partial charge in [0.15, 0.2) is 6.10 Å². The minimum Gasteiger partial charge on any atom is -0.462 e. The summed E-state index contributed by atoms with van der Waals surface area (Å²) in [6.07, 6.45) is 23.4. The van der Waals surface area contributed by atoms with E-state index in [1.54, 1.807) is 24.3 Å². The number of phosphoric ester groups is 1. The summed E-state index contributed by atoms with van der Waals surface area (Å²) in [5, 5.41) is 31.3. The molecule has 0 aromatic rings. The molecule has 1 unspecified atom stereocenters. The Bertz CT molecular complexity index is 1030. The zero-order valence-electron chi connectivity index (χ0n) is 32.1. The molecule has 0 aromatic carbocycles. The normalized spacial score (nSPS) is 21.4. The molecule has 0 amide bonds. The highest BCUT2D eigenvalue weighted by atomic mass is 31.2. The van der Waals surface area contributed by atoms with E-state index < -0.39 is 50.8 Å². The van der Waals surface area contributed by atoms with Gasteiger partial charge >= 0.3 is 19.8 Å². The zero-order valence-corrected chi connectivity index (χ0v) is 33.0.